The van der Waals surface area contributed by atoms with Crippen molar-refractivity contribution in [1.29, 1.82) is 0 Å². The molecule has 2 heterocycles. The van der Waals surface area contributed by atoms with Gasteiger partial charge in [0.1, 0.15) is 5.25 Å². The Morgan fingerprint density at radius 3 is 2.80 bits per heavy atom. The Bertz CT molecular complexity index is 536. The van der Waals surface area contributed by atoms with Crippen molar-refractivity contribution < 1.29 is 19.1 Å². The van der Waals surface area contributed by atoms with Gasteiger partial charge in [-0.3, -0.25) is 4.79 Å². The van der Waals surface area contributed by atoms with Gasteiger partial charge in [-0.15, -0.1) is 0 Å². The van der Waals surface area contributed by atoms with Crippen LogP contribution in [0.5, 0.6) is 0 Å². The highest BCUT2D eigenvalue weighted by Gasteiger charge is 2.34. The topological polar surface area (TPSA) is 57.5 Å². The van der Waals surface area contributed by atoms with Crippen LogP contribution < -0.4 is 0 Å². The lowest BCUT2D eigenvalue weighted by Gasteiger charge is -2.09. The highest BCUT2D eigenvalue weighted by atomic mass is 32.2. The molecular formula is C14H19NO4S. The van der Waals surface area contributed by atoms with E-state index in [2.05, 4.69) is 0 Å². The van der Waals surface area contributed by atoms with Crippen LogP contribution >= 0.6 is 11.8 Å². The Labute approximate surface area is 122 Å². The Hall–Kier alpha value is -1.43. The van der Waals surface area contributed by atoms with Gasteiger partial charge < -0.3 is 14.0 Å². The van der Waals surface area contributed by atoms with Crippen molar-refractivity contribution in [3.8, 4) is 0 Å². The van der Waals surface area contributed by atoms with E-state index in [1.807, 2.05) is 31.5 Å². The quantitative estimate of drug-likeness (QED) is 0.799. The van der Waals surface area contributed by atoms with E-state index in [0.717, 1.165) is 10.6 Å². The zero-order valence-corrected chi connectivity index (χ0v) is 13.0. The molecule has 6 heteroatoms. The standard InChI is InChI=1S/C14H19NO4S/c1-5-18-13(16)10-7-15-6-9(4)11(12(15)20-10)14(17)19-8(2)3/h6,8,10H,5,7H2,1-4H3. The Morgan fingerprint density at radius 1 is 1.50 bits per heavy atom. The maximum atomic E-state index is 12.1. The number of esters is 2. The van der Waals surface area contributed by atoms with Gasteiger partial charge in [-0.1, -0.05) is 11.8 Å². The molecule has 0 spiro atoms. The molecule has 1 aliphatic heterocycles. The maximum Gasteiger partial charge on any atom is 0.341 e. The van der Waals surface area contributed by atoms with E-state index in [9.17, 15) is 9.59 Å². The molecule has 0 fully saturated rings. The second kappa shape index (κ2) is 5.91. The zero-order chi connectivity index (χ0) is 14.9. The molecule has 110 valence electrons. The summed E-state index contributed by atoms with van der Waals surface area (Å²) >= 11 is 1.37. The molecule has 0 saturated carbocycles. The van der Waals surface area contributed by atoms with Gasteiger partial charge in [0.25, 0.3) is 0 Å². The fourth-order valence-electron chi connectivity index (χ4n) is 2.16. The first kappa shape index (κ1) is 15.0. The Balaban J connectivity index is 2.20. The van der Waals surface area contributed by atoms with Crippen molar-refractivity contribution in [1.82, 2.24) is 4.57 Å². The number of rotatable bonds is 4. The summed E-state index contributed by atoms with van der Waals surface area (Å²) in [5, 5.41) is 0.516. The average Bonchev–Trinajstić information content (AvgIpc) is 2.84. The number of hydrogen-bond acceptors (Lipinski definition) is 5. The number of ether oxygens (including phenoxy) is 2. The zero-order valence-electron chi connectivity index (χ0n) is 12.1. The van der Waals surface area contributed by atoms with Gasteiger partial charge >= 0.3 is 11.9 Å². The van der Waals surface area contributed by atoms with Crippen molar-refractivity contribution >= 4 is 23.7 Å². The van der Waals surface area contributed by atoms with Crippen molar-refractivity contribution in [2.45, 2.75) is 50.6 Å². The summed E-state index contributed by atoms with van der Waals surface area (Å²) in [6.07, 6.45) is 1.73. The summed E-state index contributed by atoms with van der Waals surface area (Å²) < 4.78 is 12.2. The molecule has 0 aromatic carbocycles. The normalized spacial score (nSPS) is 17.1. The molecule has 0 aliphatic carbocycles. The summed E-state index contributed by atoms with van der Waals surface area (Å²) in [6.45, 7) is 8.20. The largest absolute Gasteiger partial charge is 0.465 e. The highest BCUT2D eigenvalue weighted by Crippen LogP contribution is 2.38. The number of nitrogens with zero attached hydrogens (tertiary/aromatic N) is 1. The molecule has 20 heavy (non-hydrogen) atoms. The summed E-state index contributed by atoms with van der Waals surface area (Å²) in [5.41, 5.74) is 1.44. The first-order valence-corrected chi connectivity index (χ1v) is 7.56. The van der Waals surface area contributed by atoms with E-state index >= 15 is 0 Å². The minimum absolute atomic E-state index is 0.162. The lowest BCUT2D eigenvalue weighted by atomic mass is 10.2. The predicted molar refractivity (Wildman–Crippen MR) is 76.0 cm³/mol. The smallest absolute Gasteiger partial charge is 0.341 e. The third-order valence-electron chi connectivity index (χ3n) is 2.93. The van der Waals surface area contributed by atoms with Gasteiger partial charge in [-0.05, 0) is 33.3 Å². The number of aromatic nitrogens is 1. The maximum absolute atomic E-state index is 12.1. The van der Waals surface area contributed by atoms with E-state index in [1.54, 1.807) is 6.92 Å². The number of thioether (sulfide) groups is 1. The van der Waals surface area contributed by atoms with Crippen molar-refractivity contribution in [3.63, 3.8) is 0 Å². The SMILES string of the molecule is CCOC(=O)C1Cn2cc(C)c(C(=O)OC(C)C)c2S1. The molecule has 1 atom stereocenters. The Kier molecular flexibility index (Phi) is 4.42. The second-order valence-corrected chi connectivity index (χ2v) is 6.15. The van der Waals surface area contributed by atoms with E-state index in [4.69, 9.17) is 9.47 Å². The van der Waals surface area contributed by atoms with Crippen molar-refractivity contribution in [3.05, 3.63) is 17.3 Å². The van der Waals surface area contributed by atoms with Crippen LogP contribution in [0.1, 0.15) is 36.7 Å². The van der Waals surface area contributed by atoms with Crippen molar-refractivity contribution in [2.24, 2.45) is 0 Å². The van der Waals surface area contributed by atoms with Gasteiger partial charge in [-0.2, -0.15) is 0 Å². The summed E-state index contributed by atoms with van der Waals surface area (Å²) in [5.74, 6) is -0.565. The van der Waals surface area contributed by atoms with E-state index in [-0.39, 0.29) is 23.3 Å². The minimum atomic E-state index is -0.330. The molecule has 1 aromatic rings. The number of carbonyl (C=O) groups excluding carboxylic acids is 2. The molecule has 0 amide bonds. The molecule has 0 N–H and O–H groups in total. The monoisotopic (exact) mass is 297 g/mol. The van der Waals surface area contributed by atoms with Gasteiger partial charge in [0.15, 0.2) is 0 Å². The second-order valence-electron chi connectivity index (χ2n) is 4.96. The van der Waals surface area contributed by atoms with E-state index < -0.39 is 0 Å². The summed E-state index contributed by atoms with van der Waals surface area (Å²) in [4.78, 5) is 23.9. The predicted octanol–water partition coefficient (Wildman–Crippen LogP) is 2.40. The third kappa shape index (κ3) is 2.85. The van der Waals surface area contributed by atoms with Gasteiger partial charge in [0, 0.05) is 12.7 Å². The first-order valence-electron chi connectivity index (χ1n) is 6.68. The van der Waals surface area contributed by atoms with Crippen LogP contribution in [-0.4, -0.2) is 34.5 Å². The molecule has 5 nitrogen and oxygen atoms in total. The van der Waals surface area contributed by atoms with Crippen LogP contribution in [0.2, 0.25) is 0 Å². The molecule has 1 unspecified atom stereocenters. The lowest BCUT2D eigenvalue weighted by Crippen LogP contribution is -2.21. The van der Waals surface area contributed by atoms with Crippen LogP contribution in [0.15, 0.2) is 11.2 Å². The molecule has 0 radical (unpaired) electrons. The van der Waals surface area contributed by atoms with Crippen molar-refractivity contribution in [2.75, 3.05) is 6.61 Å². The van der Waals surface area contributed by atoms with Crippen LogP contribution in [0.25, 0.3) is 0 Å². The highest BCUT2D eigenvalue weighted by molar-refractivity contribution is 8.00. The van der Waals surface area contributed by atoms with Crippen LogP contribution in [-0.2, 0) is 20.8 Å². The molecule has 1 aromatic heterocycles. The fraction of sp³-hybridized carbons (Fsp3) is 0.571. The van der Waals surface area contributed by atoms with Gasteiger partial charge in [-0.25, -0.2) is 4.79 Å². The van der Waals surface area contributed by atoms with Gasteiger partial charge in [0.05, 0.1) is 23.3 Å². The molecule has 1 aliphatic rings. The fourth-order valence-corrected chi connectivity index (χ4v) is 3.45. The van der Waals surface area contributed by atoms with E-state index in [0.29, 0.717) is 18.7 Å². The van der Waals surface area contributed by atoms with Crippen LogP contribution in [0.3, 0.4) is 0 Å². The third-order valence-corrected chi connectivity index (χ3v) is 4.22. The molecular weight excluding hydrogens is 278 g/mol. The van der Waals surface area contributed by atoms with Gasteiger partial charge in [0.2, 0.25) is 0 Å². The molecule has 2 rings (SSSR count). The number of fused-ring (bicyclic) bond motifs is 1. The van der Waals surface area contributed by atoms with E-state index in [1.165, 1.54) is 11.8 Å². The molecule has 0 bridgehead atoms. The average molecular weight is 297 g/mol. The molecule has 0 saturated heterocycles. The first-order chi connectivity index (χ1) is 9.43. The lowest BCUT2D eigenvalue weighted by molar-refractivity contribution is -0.142. The van der Waals surface area contributed by atoms with Crippen LogP contribution in [0.4, 0.5) is 0 Å². The minimum Gasteiger partial charge on any atom is -0.465 e. The summed E-state index contributed by atoms with van der Waals surface area (Å²) in [7, 11) is 0. The number of carbonyl (C=O) groups is 2. The Morgan fingerprint density at radius 2 is 2.20 bits per heavy atom. The van der Waals surface area contributed by atoms with Crippen LogP contribution in [0, 0.1) is 6.92 Å². The number of aryl methyl sites for hydroxylation is 1. The number of hydrogen-bond donors (Lipinski definition) is 0. The summed E-state index contributed by atoms with van der Waals surface area (Å²) in [6, 6.07) is 0.